The van der Waals surface area contributed by atoms with E-state index in [0.717, 1.165) is 10.2 Å². The highest BCUT2D eigenvalue weighted by molar-refractivity contribution is 9.10. The number of anilines is 2. The van der Waals surface area contributed by atoms with Crippen LogP contribution in [0.4, 0.5) is 11.5 Å². The van der Waals surface area contributed by atoms with Crippen molar-refractivity contribution in [2.75, 3.05) is 24.8 Å². The molecule has 1 amide bonds. The van der Waals surface area contributed by atoms with Gasteiger partial charge in [-0.15, -0.1) is 0 Å². The summed E-state index contributed by atoms with van der Waals surface area (Å²) < 4.78 is 5.95. The summed E-state index contributed by atoms with van der Waals surface area (Å²) in [5, 5.41) is 5.79. The standard InChI is InChI=1S/C15H16BrN3O2/c1-9-6-10(7-14(17-2)18-9)15(20)19-13-8-11(21-3)4-5-12(13)16/h4-8H,1-3H3,(H,17,18)(H,19,20). The van der Waals surface area contributed by atoms with Gasteiger partial charge in [0.15, 0.2) is 0 Å². The molecular formula is C15H16BrN3O2. The smallest absolute Gasteiger partial charge is 0.255 e. The Morgan fingerprint density at radius 2 is 2.05 bits per heavy atom. The first-order valence-corrected chi connectivity index (χ1v) is 7.14. The van der Waals surface area contributed by atoms with Crippen LogP contribution in [0.3, 0.4) is 0 Å². The highest BCUT2D eigenvalue weighted by Gasteiger charge is 2.11. The van der Waals surface area contributed by atoms with Gasteiger partial charge in [-0.3, -0.25) is 4.79 Å². The third-order valence-corrected chi connectivity index (χ3v) is 3.58. The molecule has 2 aromatic rings. The quantitative estimate of drug-likeness (QED) is 0.887. The Morgan fingerprint density at radius 1 is 1.29 bits per heavy atom. The topological polar surface area (TPSA) is 63.2 Å². The van der Waals surface area contributed by atoms with E-state index in [4.69, 9.17) is 4.74 Å². The second-order valence-electron chi connectivity index (χ2n) is 4.43. The van der Waals surface area contributed by atoms with Crippen molar-refractivity contribution in [1.29, 1.82) is 0 Å². The third kappa shape index (κ3) is 3.72. The summed E-state index contributed by atoms with van der Waals surface area (Å²) in [5.41, 5.74) is 1.97. The van der Waals surface area contributed by atoms with E-state index in [-0.39, 0.29) is 5.91 Å². The number of nitrogens with one attached hydrogen (secondary N) is 2. The SMILES string of the molecule is CNc1cc(C(=O)Nc2cc(OC)ccc2Br)cc(C)n1. The fourth-order valence-corrected chi connectivity index (χ4v) is 2.20. The van der Waals surface area contributed by atoms with Crippen LogP contribution in [0, 0.1) is 6.92 Å². The number of halogens is 1. The Balaban J connectivity index is 2.27. The van der Waals surface area contributed by atoms with Gasteiger partial charge in [-0.05, 0) is 47.1 Å². The molecule has 0 aliphatic heterocycles. The number of pyridine rings is 1. The molecule has 0 saturated heterocycles. The lowest BCUT2D eigenvalue weighted by Gasteiger charge is -2.10. The Labute approximate surface area is 131 Å². The first-order chi connectivity index (χ1) is 10.0. The minimum absolute atomic E-state index is 0.203. The van der Waals surface area contributed by atoms with E-state index in [9.17, 15) is 4.79 Å². The second kappa shape index (κ2) is 6.58. The molecule has 0 saturated carbocycles. The van der Waals surface area contributed by atoms with Crippen molar-refractivity contribution in [1.82, 2.24) is 4.98 Å². The number of nitrogens with zero attached hydrogens (tertiary/aromatic N) is 1. The predicted octanol–water partition coefficient (Wildman–Crippen LogP) is 3.46. The lowest BCUT2D eigenvalue weighted by atomic mass is 10.2. The number of amides is 1. The van der Waals surface area contributed by atoms with Crippen LogP contribution in [0.2, 0.25) is 0 Å². The largest absolute Gasteiger partial charge is 0.497 e. The zero-order chi connectivity index (χ0) is 15.4. The highest BCUT2D eigenvalue weighted by atomic mass is 79.9. The van der Waals surface area contributed by atoms with Gasteiger partial charge >= 0.3 is 0 Å². The van der Waals surface area contributed by atoms with E-state index in [1.165, 1.54) is 0 Å². The van der Waals surface area contributed by atoms with Crippen molar-refractivity contribution in [3.63, 3.8) is 0 Å². The molecule has 0 spiro atoms. The molecule has 0 fully saturated rings. The van der Waals surface area contributed by atoms with Crippen LogP contribution in [0.25, 0.3) is 0 Å². The summed E-state index contributed by atoms with van der Waals surface area (Å²) in [6, 6.07) is 8.84. The average molecular weight is 350 g/mol. The number of ether oxygens (including phenoxy) is 1. The molecule has 1 aromatic carbocycles. The normalized spacial score (nSPS) is 10.1. The fourth-order valence-electron chi connectivity index (χ4n) is 1.85. The van der Waals surface area contributed by atoms with E-state index in [0.29, 0.717) is 22.8 Å². The second-order valence-corrected chi connectivity index (χ2v) is 5.29. The Morgan fingerprint density at radius 3 is 2.71 bits per heavy atom. The predicted molar refractivity (Wildman–Crippen MR) is 87.2 cm³/mol. The van der Waals surface area contributed by atoms with E-state index >= 15 is 0 Å². The summed E-state index contributed by atoms with van der Waals surface area (Å²) in [4.78, 5) is 16.6. The molecule has 21 heavy (non-hydrogen) atoms. The van der Waals surface area contributed by atoms with Gasteiger partial charge in [0, 0.05) is 28.8 Å². The number of benzene rings is 1. The van der Waals surface area contributed by atoms with Crippen LogP contribution in [0.1, 0.15) is 16.1 Å². The van der Waals surface area contributed by atoms with Crippen LogP contribution in [-0.4, -0.2) is 25.0 Å². The first kappa shape index (κ1) is 15.3. The molecule has 0 radical (unpaired) electrons. The number of rotatable bonds is 4. The number of aryl methyl sites for hydroxylation is 1. The van der Waals surface area contributed by atoms with Crippen molar-refractivity contribution >= 4 is 33.3 Å². The summed E-state index contributed by atoms with van der Waals surface area (Å²) in [6.45, 7) is 1.85. The summed E-state index contributed by atoms with van der Waals surface area (Å²) >= 11 is 3.41. The van der Waals surface area contributed by atoms with Crippen LogP contribution in [-0.2, 0) is 0 Å². The molecule has 1 heterocycles. The summed E-state index contributed by atoms with van der Waals surface area (Å²) in [7, 11) is 3.35. The van der Waals surface area contributed by atoms with Crippen LogP contribution in [0.15, 0.2) is 34.8 Å². The molecule has 2 N–H and O–H groups in total. The van der Waals surface area contributed by atoms with Gasteiger partial charge in [0.25, 0.3) is 5.91 Å². The van der Waals surface area contributed by atoms with Crippen molar-refractivity contribution in [3.8, 4) is 5.75 Å². The molecule has 1 aromatic heterocycles. The zero-order valence-corrected chi connectivity index (χ0v) is 13.6. The van der Waals surface area contributed by atoms with E-state index < -0.39 is 0 Å². The molecule has 2 rings (SSSR count). The van der Waals surface area contributed by atoms with Gasteiger partial charge in [-0.2, -0.15) is 0 Å². The number of hydrogen-bond acceptors (Lipinski definition) is 4. The van der Waals surface area contributed by atoms with Gasteiger partial charge in [0.05, 0.1) is 12.8 Å². The van der Waals surface area contributed by atoms with Crippen molar-refractivity contribution in [2.45, 2.75) is 6.92 Å². The summed E-state index contributed by atoms with van der Waals surface area (Å²) in [6.07, 6.45) is 0. The summed E-state index contributed by atoms with van der Waals surface area (Å²) in [5.74, 6) is 1.13. The minimum atomic E-state index is -0.203. The molecule has 6 heteroatoms. The highest BCUT2D eigenvalue weighted by Crippen LogP contribution is 2.27. The number of carbonyl (C=O) groups is 1. The zero-order valence-electron chi connectivity index (χ0n) is 12.0. The van der Waals surface area contributed by atoms with Gasteiger partial charge in [0.1, 0.15) is 11.6 Å². The van der Waals surface area contributed by atoms with Crippen LogP contribution < -0.4 is 15.4 Å². The lowest BCUT2D eigenvalue weighted by molar-refractivity contribution is 0.102. The maximum absolute atomic E-state index is 12.4. The molecule has 110 valence electrons. The monoisotopic (exact) mass is 349 g/mol. The molecule has 0 atom stereocenters. The van der Waals surface area contributed by atoms with Crippen molar-refractivity contribution in [2.24, 2.45) is 0 Å². The number of aromatic nitrogens is 1. The number of carbonyl (C=O) groups excluding carboxylic acids is 1. The molecule has 5 nitrogen and oxygen atoms in total. The molecule has 0 aliphatic carbocycles. The van der Waals surface area contributed by atoms with Gasteiger partial charge in [0.2, 0.25) is 0 Å². The average Bonchev–Trinajstić information content (AvgIpc) is 2.48. The third-order valence-electron chi connectivity index (χ3n) is 2.89. The Bertz CT molecular complexity index is 674. The van der Waals surface area contributed by atoms with Crippen LogP contribution >= 0.6 is 15.9 Å². The maximum Gasteiger partial charge on any atom is 0.255 e. The van der Waals surface area contributed by atoms with Crippen LogP contribution in [0.5, 0.6) is 5.75 Å². The molecule has 0 bridgehead atoms. The maximum atomic E-state index is 12.4. The van der Waals surface area contributed by atoms with E-state index in [1.807, 2.05) is 19.1 Å². The number of hydrogen-bond donors (Lipinski definition) is 2. The molecule has 0 aliphatic rings. The van der Waals surface area contributed by atoms with Crippen molar-refractivity contribution in [3.05, 3.63) is 46.1 Å². The fraction of sp³-hybridized carbons (Fsp3) is 0.200. The first-order valence-electron chi connectivity index (χ1n) is 6.35. The Hall–Kier alpha value is -2.08. The van der Waals surface area contributed by atoms with E-state index in [2.05, 4.69) is 31.5 Å². The molecule has 0 unspecified atom stereocenters. The van der Waals surface area contributed by atoms with Gasteiger partial charge in [-0.1, -0.05) is 0 Å². The Kier molecular flexibility index (Phi) is 4.80. The van der Waals surface area contributed by atoms with Gasteiger partial charge < -0.3 is 15.4 Å². The van der Waals surface area contributed by atoms with E-state index in [1.54, 1.807) is 32.4 Å². The number of methoxy groups -OCH3 is 1. The lowest BCUT2D eigenvalue weighted by Crippen LogP contribution is -2.13. The minimum Gasteiger partial charge on any atom is -0.497 e. The van der Waals surface area contributed by atoms with Gasteiger partial charge in [-0.25, -0.2) is 4.98 Å². The van der Waals surface area contributed by atoms with Crippen molar-refractivity contribution < 1.29 is 9.53 Å². The molecular weight excluding hydrogens is 334 g/mol.